The first-order valence-electron chi connectivity index (χ1n) is 8.53. The molecular weight excluding hydrogens is 363 g/mol. The predicted molar refractivity (Wildman–Crippen MR) is 105 cm³/mol. The maximum Gasteiger partial charge on any atom is 0.311 e. The average Bonchev–Trinajstić information content (AvgIpc) is 2.52. The minimum Gasteiger partial charge on any atom is -0.481 e. The zero-order chi connectivity index (χ0) is 20.5. The molecule has 0 spiro atoms. The number of carboxylic acids is 1. The SMILES string of the molecule is Cc1ccc(C(=O)P(=O)(CC(=O)O)C(=O)c2c(C)cc(C)cc2C)c(C)c1. The number of aryl methyl sites for hydroxylation is 5. The molecule has 0 aliphatic heterocycles. The minimum atomic E-state index is -4.39. The molecule has 1 N–H and O–H groups in total. The van der Waals surface area contributed by atoms with Gasteiger partial charge in [0.15, 0.2) is 0 Å². The van der Waals surface area contributed by atoms with Gasteiger partial charge >= 0.3 is 5.97 Å². The number of hydrogen-bond donors (Lipinski definition) is 1. The molecule has 0 aliphatic carbocycles. The van der Waals surface area contributed by atoms with Gasteiger partial charge in [-0.25, -0.2) is 0 Å². The molecule has 0 fully saturated rings. The number of carboxylic acid groups (broad SMARTS) is 1. The van der Waals surface area contributed by atoms with Crippen LogP contribution in [-0.2, 0) is 9.36 Å². The van der Waals surface area contributed by atoms with E-state index >= 15 is 0 Å². The van der Waals surface area contributed by atoms with E-state index in [1.54, 1.807) is 45.0 Å². The summed E-state index contributed by atoms with van der Waals surface area (Å²) < 4.78 is 13.6. The van der Waals surface area contributed by atoms with Gasteiger partial charge in [-0.15, -0.1) is 0 Å². The summed E-state index contributed by atoms with van der Waals surface area (Å²) in [6.45, 7) is 8.78. The first kappa shape index (κ1) is 20.8. The largest absolute Gasteiger partial charge is 0.481 e. The van der Waals surface area contributed by atoms with E-state index in [0.717, 1.165) is 11.1 Å². The van der Waals surface area contributed by atoms with Crippen LogP contribution in [0.4, 0.5) is 0 Å². The van der Waals surface area contributed by atoms with Crippen molar-refractivity contribution in [1.82, 2.24) is 0 Å². The highest BCUT2D eigenvalue weighted by Gasteiger charge is 2.44. The van der Waals surface area contributed by atoms with Crippen LogP contribution in [0.3, 0.4) is 0 Å². The molecule has 1 unspecified atom stereocenters. The smallest absolute Gasteiger partial charge is 0.311 e. The van der Waals surface area contributed by atoms with Crippen LogP contribution in [-0.4, -0.2) is 28.3 Å². The number of benzene rings is 2. The van der Waals surface area contributed by atoms with Gasteiger partial charge in [0.05, 0.1) is 0 Å². The van der Waals surface area contributed by atoms with E-state index in [4.69, 9.17) is 0 Å². The fourth-order valence-corrected chi connectivity index (χ4v) is 5.58. The highest BCUT2D eigenvalue weighted by atomic mass is 31.2. The van der Waals surface area contributed by atoms with Gasteiger partial charge in [-0.05, 0) is 51.3 Å². The van der Waals surface area contributed by atoms with Crippen molar-refractivity contribution in [3.63, 3.8) is 0 Å². The Kier molecular flexibility index (Phi) is 5.86. The second-order valence-electron chi connectivity index (χ2n) is 6.99. The zero-order valence-electron chi connectivity index (χ0n) is 16.1. The second kappa shape index (κ2) is 7.61. The molecular formula is C21H23O5P. The summed E-state index contributed by atoms with van der Waals surface area (Å²) in [5.74, 6) is -1.44. The normalized spacial score (nSPS) is 13.1. The van der Waals surface area contributed by atoms with Crippen LogP contribution in [0.1, 0.15) is 48.5 Å². The third-order valence-corrected chi connectivity index (χ3v) is 7.01. The van der Waals surface area contributed by atoms with Crippen LogP contribution in [0, 0.1) is 34.6 Å². The van der Waals surface area contributed by atoms with Crippen LogP contribution in [0.15, 0.2) is 30.3 Å². The maximum absolute atomic E-state index is 13.6. The lowest BCUT2D eigenvalue weighted by molar-refractivity contribution is -0.134. The predicted octanol–water partition coefficient (Wildman–Crippen LogP) is 4.66. The number of hydrogen-bond acceptors (Lipinski definition) is 4. The maximum atomic E-state index is 13.6. The fourth-order valence-electron chi connectivity index (χ4n) is 3.37. The Labute approximate surface area is 158 Å². The lowest BCUT2D eigenvalue weighted by atomic mass is 10.0. The lowest BCUT2D eigenvalue weighted by Crippen LogP contribution is -2.20. The van der Waals surface area contributed by atoms with Crippen LogP contribution in [0.25, 0.3) is 0 Å². The van der Waals surface area contributed by atoms with Crippen molar-refractivity contribution in [2.24, 2.45) is 0 Å². The summed E-state index contributed by atoms with van der Waals surface area (Å²) in [7, 11) is -4.39. The fraction of sp³-hybridized carbons (Fsp3) is 0.286. The van der Waals surface area contributed by atoms with E-state index < -0.39 is 30.3 Å². The molecule has 0 aromatic heterocycles. The molecule has 0 amide bonds. The summed E-state index contributed by atoms with van der Waals surface area (Å²) in [5, 5.41) is 9.26. The Morgan fingerprint density at radius 1 is 0.815 bits per heavy atom. The molecule has 0 radical (unpaired) electrons. The summed E-state index contributed by atoms with van der Waals surface area (Å²) in [6.07, 6.45) is -0.995. The summed E-state index contributed by atoms with van der Waals surface area (Å²) in [4.78, 5) is 37.7. The number of aliphatic carboxylic acids is 1. The Balaban J connectivity index is 2.67. The van der Waals surface area contributed by atoms with E-state index in [2.05, 4.69) is 0 Å². The molecule has 27 heavy (non-hydrogen) atoms. The minimum absolute atomic E-state index is 0.126. The molecule has 2 aromatic carbocycles. The number of rotatable bonds is 6. The molecule has 0 heterocycles. The monoisotopic (exact) mass is 386 g/mol. The average molecular weight is 386 g/mol. The molecule has 2 aromatic rings. The van der Waals surface area contributed by atoms with E-state index in [9.17, 15) is 24.1 Å². The molecule has 0 saturated heterocycles. The Hall–Kier alpha value is -2.52. The molecule has 0 bridgehead atoms. The number of carbonyl (C=O) groups excluding carboxylic acids is 2. The van der Waals surface area contributed by atoms with Crippen molar-refractivity contribution in [1.29, 1.82) is 0 Å². The van der Waals surface area contributed by atoms with Crippen LogP contribution in [0.2, 0.25) is 0 Å². The highest BCUT2D eigenvalue weighted by molar-refractivity contribution is 7.96. The van der Waals surface area contributed by atoms with E-state index in [0.29, 0.717) is 16.7 Å². The third-order valence-electron chi connectivity index (χ3n) is 4.52. The van der Waals surface area contributed by atoms with Gasteiger partial charge in [0.2, 0.25) is 18.2 Å². The molecule has 1 atom stereocenters. The third kappa shape index (κ3) is 4.09. The van der Waals surface area contributed by atoms with Gasteiger partial charge < -0.3 is 9.67 Å². The van der Waals surface area contributed by atoms with Crippen molar-refractivity contribution in [2.45, 2.75) is 34.6 Å². The zero-order valence-corrected chi connectivity index (χ0v) is 17.0. The van der Waals surface area contributed by atoms with E-state index in [1.165, 1.54) is 6.07 Å². The second-order valence-corrected chi connectivity index (χ2v) is 9.60. The van der Waals surface area contributed by atoms with Gasteiger partial charge in [0, 0.05) is 11.1 Å². The Morgan fingerprint density at radius 3 is 1.81 bits per heavy atom. The van der Waals surface area contributed by atoms with Crippen molar-refractivity contribution in [3.05, 3.63) is 69.3 Å². The lowest BCUT2D eigenvalue weighted by Gasteiger charge is -2.18. The first-order chi connectivity index (χ1) is 12.5. The topological polar surface area (TPSA) is 88.5 Å². The number of carbonyl (C=O) groups is 3. The van der Waals surface area contributed by atoms with Gasteiger partial charge in [0.1, 0.15) is 6.16 Å². The Morgan fingerprint density at radius 2 is 1.33 bits per heavy atom. The summed E-state index contributed by atoms with van der Waals surface area (Å²) in [6, 6.07) is 8.44. The van der Waals surface area contributed by atoms with Gasteiger partial charge in [-0.1, -0.05) is 41.5 Å². The van der Waals surface area contributed by atoms with Crippen LogP contribution < -0.4 is 0 Å². The molecule has 6 heteroatoms. The first-order valence-corrected chi connectivity index (χ1v) is 10.4. The van der Waals surface area contributed by atoms with Gasteiger partial charge in [0.25, 0.3) is 0 Å². The molecule has 142 valence electrons. The van der Waals surface area contributed by atoms with E-state index in [-0.39, 0.29) is 11.1 Å². The standard InChI is InChI=1S/C21H23O5P/c1-12-6-7-17(14(3)8-12)20(24)27(26,11-18(22)23)21(25)19-15(4)9-13(2)10-16(19)5/h6-10H,11H2,1-5H3,(H,22,23). The van der Waals surface area contributed by atoms with Crippen molar-refractivity contribution in [2.75, 3.05) is 6.16 Å². The van der Waals surface area contributed by atoms with Crippen LogP contribution >= 0.6 is 7.14 Å². The van der Waals surface area contributed by atoms with Crippen LogP contribution in [0.5, 0.6) is 0 Å². The molecule has 2 rings (SSSR count). The molecule has 5 nitrogen and oxygen atoms in total. The van der Waals surface area contributed by atoms with Gasteiger partial charge in [-0.3, -0.25) is 14.4 Å². The summed E-state index contributed by atoms with van der Waals surface area (Å²) in [5.41, 5.74) is 2.08. The van der Waals surface area contributed by atoms with Crippen molar-refractivity contribution in [3.8, 4) is 0 Å². The van der Waals surface area contributed by atoms with Crippen molar-refractivity contribution >= 4 is 24.2 Å². The Bertz CT molecular complexity index is 981. The molecule has 0 saturated carbocycles. The van der Waals surface area contributed by atoms with E-state index in [1.807, 2.05) is 13.8 Å². The van der Waals surface area contributed by atoms with Crippen molar-refractivity contribution < 1.29 is 24.1 Å². The summed E-state index contributed by atoms with van der Waals surface area (Å²) >= 11 is 0. The quantitative estimate of drug-likeness (QED) is 0.730. The van der Waals surface area contributed by atoms with Gasteiger partial charge in [-0.2, -0.15) is 0 Å². The highest BCUT2D eigenvalue weighted by Crippen LogP contribution is 2.53. The molecule has 0 aliphatic rings.